The van der Waals surface area contributed by atoms with Crippen molar-refractivity contribution in [3.8, 4) is 17.1 Å². The molecule has 2 aromatic rings. The fourth-order valence-corrected chi connectivity index (χ4v) is 5.12. The fourth-order valence-electron chi connectivity index (χ4n) is 5.12. The van der Waals surface area contributed by atoms with Crippen LogP contribution in [0.25, 0.3) is 33.2 Å². The van der Waals surface area contributed by atoms with Crippen LogP contribution in [0.5, 0.6) is 5.75 Å². The summed E-state index contributed by atoms with van der Waals surface area (Å²) in [4.78, 5) is 4.91. The molecule has 5 rings (SSSR count). The zero-order valence-corrected chi connectivity index (χ0v) is 20.7. The average Bonchev–Trinajstić information content (AvgIpc) is 3.24. The van der Waals surface area contributed by atoms with Gasteiger partial charge in [0.15, 0.2) is 6.29 Å². The van der Waals surface area contributed by atoms with Crippen LogP contribution in [0.2, 0.25) is 0 Å². The van der Waals surface area contributed by atoms with Gasteiger partial charge in [-0.3, -0.25) is 0 Å². The number of fused-ring (bicyclic) bond motifs is 4. The standard InChI is InChI=1S/C28H35N3O4/c1-17-20-9-5-6-10-24(20)31(3)28-26(17)21-15-19(11-12-23(21)30-28)33-13-7-4-8-14-34-25-16-22(29)27(32)18(2)35-25/h5-6,9-12,15,18,22,25,27,32H,4,7-8,13-14,16,29H2,1-3H3/t18-,22-,25+,27+/m0/s1. The molecule has 0 spiro atoms. The van der Waals surface area contributed by atoms with E-state index in [2.05, 4.69) is 54.9 Å². The van der Waals surface area contributed by atoms with E-state index in [0.717, 1.165) is 41.7 Å². The number of ether oxygens (including phenoxy) is 3. The Kier molecular flexibility index (Phi) is 6.93. The summed E-state index contributed by atoms with van der Waals surface area (Å²) in [5.41, 5.74) is 10.6. The maximum Gasteiger partial charge on any atom is 0.159 e. The van der Waals surface area contributed by atoms with Gasteiger partial charge in [-0.2, -0.15) is 0 Å². The molecule has 0 aliphatic carbocycles. The third kappa shape index (κ3) is 4.74. The van der Waals surface area contributed by atoms with Crippen LogP contribution in [0, 0.1) is 6.92 Å². The highest BCUT2D eigenvalue weighted by atomic mass is 16.7. The Balaban J connectivity index is 1.16. The normalized spacial score (nSPS) is 22.9. The molecule has 1 fully saturated rings. The number of hydrogen-bond donors (Lipinski definition) is 2. The summed E-state index contributed by atoms with van der Waals surface area (Å²) in [6, 6.07) is 14.3. The highest BCUT2D eigenvalue weighted by Crippen LogP contribution is 2.39. The summed E-state index contributed by atoms with van der Waals surface area (Å²) in [7, 11) is 2.08. The van der Waals surface area contributed by atoms with Gasteiger partial charge in [0, 0.05) is 48.0 Å². The lowest BCUT2D eigenvalue weighted by Gasteiger charge is -2.35. The Morgan fingerprint density at radius 2 is 1.91 bits per heavy atom. The highest BCUT2D eigenvalue weighted by molar-refractivity contribution is 6.04. The molecule has 7 heteroatoms. The lowest BCUT2D eigenvalue weighted by molar-refractivity contribution is -0.222. The van der Waals surface area contributed by atoms with Crippen molar-refractivity contribution in [2.45, 2.75) is 64.1 Å². The lowest BCUT2D eigenvalue weighted by atomic mass is 10.00. The molecular formula is C28H35N3O4. The second kappa shape index (κ2) is 10.1. The van der Waals surface area contributed by atoms with Crippen LogP contribution in [-0.2, 0) is 16.5 Å². The van der Waals surface area contributed by atoms with Gasteiger partial charge in [-0.1, -0.05) is 18.2 Å². The Bertz CT molecular complexity index is 1270. The van der Waals surface area contributed by atoms with Gasteiger partial charge >= 0.3 is 0 Å². The molecule has 0 bridgehead atoms. The Morgan fingerprint density at radius 3 is 2.74 bits per heavy atom. The molecule has 0 aromatic heterocycles. The smallest absolute Gasteiger partial charge is 0.159 e. The van der Waals surface area contributed by atoms with Gasteiger partial charge in [0.2, 0.25) is 0 Å². The molecule has 186 valence electrons. The number of hydrogen-bond acceptors (Lipinski definition) is 6. The molecule has 2 aromatic carbocycles. The van der Waals surface area contributed by atoms with Crippen LogP contribution >= 0.6 is 0 Å². The molecule has 3 heterocycles. The zero-order chi connectivity index (χ0) is 24.5. The van der Waals surface area contributed by atoms with Crippen molar-refractivity contribution in [1.29, 1.82) is 0 Å². The number of unbranched alkanes of at least 4 members (excludes halogenated alkanes) is 2. The van der Waals surface area contributed by atoms with Crippen molar-refractivity contribution in [3.05, 3.63) is 48.0 Å². The Labute approximate surface area is 206 Å². The molecule has 1 saturated heterocycles. The number of aliphatic hydroxyl groups is 1. The summed E-state index contributed by atoms with van der Waals surface area (Å²) in [5.74, 6) is 1.87. The van der Waals surface area contributed by atoms with Crippen molar-refractivity contribution in [3.63, 3.8) is 0 Å². The summed E-state index contributed by atoms with van der Waals surface area (Å²) < 4.78 is 19.7. The maximum atomic E-state index is 9.87. The average molecular weight is 478 g/mol. The number of aryl methyl sites for hydroxylation is 2. The minimum Gasteiger partial charge on any atom is -0.494 e. The van der Waals surface area contributed by atoms with Gasteiger partial charge in [-0.05, 0) is 62.9 Å². The number of nitrogens with zero attached hydrogens (tertiary/aromatic N) is 2. The molecule has 3 aliphatic heterocycles. The van der Waals surface area contributed by atoms with Crippen molar-refractivity contribution in [2.75, 3.05) is 13.2 Å². The molecular weight excluding hydrogens is 442 g/mol. The largest absolute Gasteiger partial charge is 0.494 e. The van der Waals surface area contributed by atoms with Gasteiger partial charge < -0.3 is 29.6 Å². The van der Waals surface area contributed by atoms with Gasteiger partial charge in [-0.15, -0.1) is 0 Å². The minimum atomic E-state index is -0.626. The van der Waals surface area contributed by atoms with E-state index < -0.39 is 6.10 Å². The van der Waals surface area contributed by atoms with Crippen LogP contribution in [0.4, 0.5) is 0 Å². The number of aromatic nitrogens is 2. The predicted octanol–water partition coefficient (Wildman–Crippen LogP) is 4.53. The van der Waals surface area contributed by atoms with E-state index in [4.69, 9.17) is 24.9 Å². The number of aliphatic hydroxyl groups excluding tert-OH is 1. The molecule has 0 saturated carbocycles. The predicted molar refractivity (Wildman–Crippen MR) is 138 cm³/mol. The van der Waals surface area contributed by atoms with Crippen molar-refractivity contribution < 1.29 is 19.3 Å². The van der Waals surface area contributed by atoms with Gasteiger partial charge in [0.1, 0.15) is 11.6 Å². The first-order chi connectivity index (χ1) is 16.9. The second-order valence-electron chi connectivity index (χ2n) is 9.63. The van der Waals surface area contributed by atoms with Crippen LogP contribution in [0.15, 0.2) is 42.5 Å². The van der Waals surface area contributed by atoms with E-state index in [-0.39, 0.29) is 18.4 Å². The third-order valence-electron chi connectivity index (χ3n) is 7.16. The van der Waals surface area contributed by atoms with Crippen LogP contribution in [0.3, 0.4) is 0 Å². The number of para-hydroxylation sites is 1. The highest BCUT2D eigenvalue weighted by Gasteiger charge is 2.33. The SMILES string of the molecule is Cc1c2c3cc(OCCCCCO[C@H]4C[C@H](N)[C@H](O)[C@H](C)O4)ccc3nc-2n(C)c2ccccc12. The fraction of sp³-hybridized carbons (Fsp3) is 0.464. The van der Waals surface area contributed by atoms with Gasteiger partial charge in [0.05, 0.1) is 24.3 Å². The van der Waals surface area contributed by atoms with Crippen molar-refractivity contribution in [2.24, 2.45) is 12.8 Å². The van der Waals surface area contributed by atoms with E-state index in [1.165, 1.54) is 22.0 Å². The minimum absolute atomic E-state index is 0.297. The second-order valence-corrected chi connectivity index (χ2v) is 9.63. The Hall–Kier alpha value is -2.71. The maximum absolute atomic E-state index is 9.87. The lowest BCUT2D eigenvalue weighted by Crippen LogP contribution is -2.51. The van der Waals surface area contributed by atoms with Crippen molar-refractivity contribution in [1.82, 2.24) is 9.55 Å². The summed E-state index contributed by atoms with van der Waals surface area (Å²) in [5, 5.41) is 12.2. The summed E-state index contributed by atoms with van der Waals surface area (Å²) in [6.07, 6.45) is 2.14. The molecule has 0 radical (unpaired) electrons. The van der Waals surface area contributed by atoms with Gasteiger partial charge in [0.25, 0.3) is 0 Å². The zero-order valence-electron chi connectivity index (χ0n) is 20.7. The van der Waals surface area contributed by atoms with E-state index in [0.29, 0.717) is 19.6 Å². The number of nitrogens with two attached hydrogens (primary N) is 1. The van der Waals surface area contributed by atoms with Crippen LogP contribution < -0.4 is 10.5 Å². The molecule has 0 amide bonds. The first-order valence-electron chi connectivity index (χ1n) is 12.5. The van der Waals surface area contributed by atoms with Gasteiger partial charge in [-0.25, -0.2) is 4.98 Å². The van der Waals surface area contributed by atoms with Crippen LogP contribution in [0.1, 0.15) is 38.2 Å². The number of benzene rings is 2. The molecule has 0 unspecified atom stereocenters. The monoisotopic (exact) mass is 477 g/mol. The van der Waals surface area contributed by atoms with Crippen molar-refractivity contribution >= 4 is 21.8 Å². The topological polar surface area (TPSA) is 91.8 Å². The first kappa shape index (κ1) is 24.0. The molecule has 7 nitrogen and oxygen atoms in total. The molecule has 3 N–H and O–H groups in total. The Morgan fingerprint density at radius 1 is 1.11 bits per heavy atom. The third-order valence-corrected chi connectivity index (χ3v) is 7.16. The molecule has 35 heavy (non-hydrogen) atoms. The number of rotatable bonds is 8. The summed E-state index contributed by atoms with van der Waals surface area (Å²) in [6.45, 7) is 5.27. The summed E-state index contributed by atoms with van der Waals surface area (Å²) >= 11 is 0. The van der Waals surface area contributed by atoms with E-state index in [1.807, 2.05) is 13.0 Å². The first-order valence-corrected chi connectivity index (χ1v) is 12.5. The van der Waals surface area contributed by atoms with E-state index in [9.17, 15) is 5.11 Å². The van der Waals surface area contributed by atoms with Crippen LogP contribution in [-0.4, -0.2) is 52.4 Å². The number of pyridine rings is 1. The molecule has 3 aliphatic rings. The van der Waals surface area contributed by atoms with E-state index >= 15 is 0 Å². The molecule has 4 atom stereocenters. The quantitative estimate of drug-likeness (QED) is 0.362. The van der Waals surface area contributed by atoms with E-state index in [1.54, 1.807) is 0 Å².